The smallest absolute Gasteiger partial charge is 0.337 e. The normalized spacial score (nSPS) is 16.3. The molecule has 0 atom stereocenters. The molecule has 0 saturated carbocycles. The summed E-state index contributed by atoms with van der Waals surface area (Å²) in [5.74, 6) is -0.667. The minimum atomic E-state index is -3.93. The van der Waals surface area contributed by atoms with Gasteiger partial charge in [0.05, 0.1) is 16.1 Å². The summed E-state index contributed by atoms with van der Waals surface area (Å²) in [7, 11) is -3.93. The van der Waals surface area contributed by atoms with Gasteiger partial charge in [0.1, 0.15) is 0 Å². The molecule has 128 valence electrons. The number of nitrogens with two attached hydrogens (primary N) is 1. The molecule has 0 aliphatic carbocycles. The third kappa shape index (κ3) is 3.45. The number of thiophene rings is 1. The molecule has 2 heterocycles. The van der Waals surface area contributed by atoms with Gasteiger partial charge in [0.2, 0.25) is 10.0 Å². The van der Waals surface area contributed by atoms with Gasteiger partial charge in [0, 0.05) is 13.1 Å². The molecule has 3 rings (SSSR count). The second kappa shape index (κ2) is 6.54. The lowest BCUT2D eigenvalue weighted by Gasteiger charge is -2.34. The molecule has 0 amide bonds. The number of aromatic carboxylic acids is 1. The maximum Gasteiger partial charge on any atom is 0.337 e. The molecule has 1 aliphatic rings. The molecule has 3 N–H and O–H groups in total. The molecule has 2 aromatic rings. The molecule has 1 aliphatic heterocycles. The van der Waals surface area contributed by atoms with Crippen LogP contribution in [0.3, 0.4) is 0 Å². The molecule has 1 aromatic heterocycles. The maximum absolute atomic E-state index is 11.5. The SMILES string of the molecule is NS(=O)(=O)c1ccc(N2CCC(c3ccsc3)CC2)c(C(=O)O)c1. The van der Waals surface area contributed by atoms with E-state index in [0.29, 0.717) is 11.6 Å². The van der Waals surface area contributed by atoms with Gasteiger partial charge < -0.3 is 10.0 Å². The van der Waals surface area contributed by atoms with Crippen molar-refractivity contribution in [2.75, 3.05) is 18.0 Å². The fourth-order valence-corrected chi connectivity index (χ4v) is 4.38. The number of nitrogens with zero attached hydrogens (tertiary/aromatic N) is 1. The lowest BCUT2D eigenvalue weighted by molar-refractivity contribution is 0.0697. The molecular weight excluding hydrogens is 348 g/mol. The third-order valence-corrected chi connectivity index (χ3v) is 5.99. The van der Waals surface area contributed by atoms with E-state index >= 15 is 0 Å². The highest BCUT2D eigenvalue weighted by atomic mass is 32.2. The van der Waals surface area contributed by atoms with E-state index in [1.54, 1.807) is 11.3 Å². The van der Waals surface area contributed by atoms with Gasteiger partial charge in [0.25, 0.3) is 0 Å². The van der Waals surface area contributed by atoms with Crippen LogP contribution in [0.2, 0.25) is 0 Å². The molecule has 24 heavy (non-hydrogen) atoms. The number of sulfonamides is 1. The van der Waals surface area contributed by atoms with Crippen LogP contribution in [0.4, 0.5) is 5.69 Å². The standard InChI is InChI=1S/C16H18N2O4S2/c17-24(21,22)13-1-2-15(14(9-13)16(19)20)18-6-3-11(4-7-18)12-5-8-23-10-12/h1-2,5,8-11H,3-4,6-7H2,(H,19,20)(H2,17,21,22). The van der Waals surface area contributed by atoms with Crippen molar-refractivity contribution in [2.45, 2.75) is 23.7 Å². The second-order valence-corrected chi connectivity index (χ2v) is 8.19. The summed E-state index contributed by atoms with van der Waals surface area (Å²) in [6, 6.07) is 6.17. The predicted octanol–water partition coefficient (Wildman–Crippen LogP) is 2.48. The average molecular weight is 366 g/mol. The van der Waals surface area contributed by atoms with Crippen LogP contribution in [-0.4, -0.2) is 32.6 Å². The Balaban J connectivity index is 1.84. The van der Waals surface area contributed by atoms with Crippen LogP contribution < -0.4 is 10.0 Å². The summed E-state index contributed by atoms with van der Waals surface area (Å²) >= 11 is 1.68. The zero-order valence-corrected chi connectivity index (χ0v) is 14.5. The number of piperidine rings is 1. The minimum Gasteiger partial charge on any atom is -0.478 e. The molecule has 0 radical (unpaired) electrons. The third-order valence-electron chi connectivity index (χ3n) is 4.38. The predicted molar refractivity (Wildman–Crippen MR) is 93.3 cm³/mol. The average Bonchev–Trinajstić information content (AvgIpc) is 3.08. The second-order valence-electron chi connectivity index (χ2n) is 5.85. The van der Waals surface area contributed by atoms with E-state index in [1.165, 1.54) is 17.7 Å². The van der Waals surface area contributed by atoms with Crippen LogP contribution in [-0.2, 0) is 10.0 Å². The summed E-state index contributed by atoms with van der Waals surface area (Å²) in [5, 5.41) is 18.7. The van der Waals surface area contributed by atoms with Crippen molar-refractivity contribution in [3.8, 4) is 0 Å². The first kappa shape index (κ1) is 16.9. The van der Waals surface area contributed by atoms with Crippen LogP contribution in [0.25, 0.3) is 0 Å². The Kier molecular flexibility index (Phi) is 4.62. The molecular formula is C16H18N2O4S2. The monoisotopic (exact) mass is 366 g/mol. The maximum atomic E-state index is 11.5. The zero-order valence-electron chi connectivity index (χ0n) is 12.9. The topological polar surface area (TPSA) is 101 Å². The van der Waals surface area contributed by atoms with E-state index < -0.39 is 16.0 Å². The summed E-state index contributed by atoms with van der Waals surface area (Å²) in [5.41, 5.74) is 1.84. The van der Waals surface area contributed by atoms with E-state index in [9.17, 15) is 18.3 Å². The number of hydrogen-bond acceptors (Lipinski definition) is 5. The number of anilines is 1. The van der Waals surface area contributed by atoms with Gasteiger partial charge in [-0.3, -0.25) is 0 Å². The zero-order chi connectivity index (χ0) is 17.3. The highest BCUT2D eigenvalue weighted by Gasteiger charge is 2.25. The van der Waals surface area contributed by atoms with Crippen molar-refractivity contribution in [1.29, 1.82) is 0 Å². The fraction of sp³-hybridized carbons (Fsp3) is 0.312. The Morgan fingerprint density at radius 2 is 1.96 bits per heavy atom. The first-order valence-electron chi connectivity index (χ1n) is 7.53. The minimum absolute atomic E-state index is 0.0319. The van der Waals surface area contributed by atoms with Crippen molar-refractivity contribution in [1.82, 2.24) is 0 Å². The summed E-state index contributed by atoms with van der Waals surface area (Å²) in [6.45, 7) is 1.46. The van der Waals surface area contributed by atoms with Crippen molar-refractivity contribution >= 4 is 33.0 Å². The van der Waals surface area contributed by atoms with E-state index in [2.05, 4.69) is 16.8 Å². The number of primary sulfonamides is 1. The number of carboxylic acid groups (broad SMARTS) is 1. The van der Waals surface area contributed by atoms with Gasteiger partial charge in [-0.15, -0.1) is 0 Å². The summed E-state index contributed by atoms with van der Waals surface area (Å²) in [6.07, 6.45) is 1.87. The molecule has 6 nitrogen and oxygen atoms in total. The fourth-order valence-electron chi connectivity index (χ4n) is 3.10. The number of rotatable bonds is 4. The Bertz CT molecular complexity index is 839. The molecule has 1 aromatic carbocycles. The van der Waals surface area contributed by atoms with E-state index in [1.807, 2.05) is 4.90 Å². The molecule has 0 bridgehead atoms. The van der Waals surface area contributed by atoms with E-state index in [4.69, 9.17) is 5.14 Å². The summed E-state index contributed by atoms with van der Waals surface area (Å²) < 4.78 is 22.9. The van der Waals surface area contributed by atoms with Crippen molar-refractivity contribution < 1.29 is 18.3 Å². The lowest BCUT2D eigenvalue weighted by Crippen LogP contribution is -2.34. The van der Waals surface area contributed by atoms with Gasteiger partial charge in [-0.25, -0.2) is 18.4 Å². The molecule has 1 saturated heterocycles. The van der Waals surface area contributed by atoms with Crippen molar-refractivity contribution in [3.05, 3.63) is 46.2 Å². The number of hydrogen-bond donors (Lipinski definition) is 2. The molecule has 8 heteroatoms. The van der Waals surface area contributed by atoms with Gasteiger partial charge in [-0.2, -0.15) is 11.3 Å². The van der Waals surface area contributed by atoms with Crippen molar-refractivity contribution in [2.24, 2.45) is 5.14 Å². The van der Waals surface area contributed by atoms with Gasteiger partial charge in [0.15, 0.2) is 0 Å². The van der Waals surface area contributed by atoms with Gasteiger partial charge >= 0.3 is 5.97 Å². The highest BCUT2D eigenvalue weighted by Crippen LogP contribution is 2.33. The van der Waals surface area contributed by atoms with Gasteiger partial charge in [-0.1, -0.05) is 0 Å². The molecule has 1 fully saturated rings. The van der Waals surface area contributed by atoms with E-state index in [0.717, 1.165) is 32.0 Å². The lowest BCUT2D eigenvalue weighted by atomic mass is 9.91. The van der Waals surface area contributed by atoms with Crippen molar-refractivity contribution in [3.63, 3.8) is 0 Å². The Hall–Kier alpha value is -1.90. The van der Waals surface area contributed by atoms with Crippen LogP contribution in [0.1, 0.15) is 34.7 Å². The van der Waals surface area contributed by atoms with Crippen LogP contribution in [0.5, 0.6) is 0 Å². The highest BCUT2D eigenvalue weighted by molar-refractivity contribution is 7.89. The molecule has 0 spiro atoms. The number of carboxylic acids is 1. The summed E-state index contributed by atoms with van der Waals surface area (Å²) in [4.78, 5) is 13.3. The Morgan fingerprint density at radius 1 is 1.25 bits per heavy atom. The first-order valence-corrected chi connectivity index (χ1v) is 10.0. The van der Waals surface area contributed by atoms with Gasteiger partial charge in [-0.05, 0) is 59.3 Å². The Morgan fingerprint density at radius 3 is 2.50 bits per heavy atom. The first-order chi connectivity index (χ1) is 11.4. The van der Waals surface area contributed by atoms with Crippen LogP contribution >= 0.6 is 11.3 Å². The largest absolute Gasteiger partial charge is 0.478 e. The molecule has 0 unspecified atom stereocenters. The van der Waals surface area contributed by atoms with Crippen LogP contribution in [0.15, 0.2) is 39.9 Å². The number of carbonyl (C=O) groups is 1. The van der Waals surface area contributed by atoms with Crippen LogP contribution in [0, 0.1) is 0 Å². The number of benzene rings is 1. The van der Waals surface area contributed by atoms with E-state index in [-0.39, 0.29) is 10.5 Å². The Labute approximate surface area is 144 Å². The quantitative estimate of drug-likeness (QED) is 0.866.